The van der Waals surface area contributed by atoms with Crippen molar-refractivity contribution in [3.63, 3.8) is 0 Å². The van der Waals surface area contributed by atoms with E-state index in [4.69, 9.17) is 10.5 Å². The van der Waals surface area contributed by atoms with Gasteiger partial charge in [-0.05, 0) is 33.3 Å². The van der Waals surface area contributed by atoms with Crippen molar-refractivity contribution in [2.45, 2.75) is 39.3 Å². The summed E-state index contributed by atoms with van der Waals surface area (Å²) in [4.78, 5) is 11.7. The molecule has 0 aliphatic carbocycles. The predicted molar refractivity (Wildman–Crippen MR) is 64.0 cm³/mol. The molecule has 3 nitrogen and oxygen atoms in total. The summed E-state index contributed by atoms with van der Waals surface area (Å²) in [6, 6.07) is 6.85. The minimum absolute atomic E-state index is 0.392. The Morgan fingerprint density at radius 3 is 2.19 bits per heavy atom. The van der Waals surface area contributed by atoms with Crippen LogP contribution < -0.4 is 5.73 Å². The van der Waals surface area contributed by atoms with Crippen molar-refractivity contribution in [3.05, 3.63) is 35.4 Å². The third-order valence-corrected chi connectivity index (χ3v) is 2.10. The molecule has 0 amide bonds. The topological polar surface area (TPSA) is 52.3 Å². The Hall–Kier alpha value is -1.35. The predicted octanol–water partition coefficient (Wildman–Crippen LogP) is 2.34. The second-order valence-electron chi connectivity index (χ2n) is 4.92. The molecule has 0 aromatic heterocycles. The van der Waals surface area contributed by atoms with E-state index in [0.29, 0.717) is 0 Å². The van der Waals surface area contributed by atoms with E-state index in [0.717, 1.165) is 11.1 Å². The molecule has 0 spiro atoms. The van der Waals surface area contributed by atoms with Crippen molar-refractivity contribution in [2.75, 3.05) is 0 Å². The van der Waals surface area contributed by atoms with Crippen molar-refractivity contribution in [1.29, 1.82) is 0 Å². The third-order valence-electron chi connectivity index (χ3n) is 2.10. The van der Waals surface area contributed by atoms with Crippen LogP contribution in [0.4, 0.5) is 0 Å². The molecule has 0 fully saturated rings. The van der Waals surface area contributed by atoms with Gasteiger partial charge in [-0.25, -0.2) is 4.79 Å². The number of nitrogens with two attached hydrogens (primary N) is 1. The lowest BCUT2D eigenvalue weighted by Gasteiger charge is -2.22. The van der Waals surface area contributed by atoms with Crippen molar-refractivity contribution in [1.82, 2.24) is 0 Å². The van der Waals surface area contributed by atoms with Gasteiger partial charge >= 0.3 is 5.97 Å². The highest BCUT2D eigenvalue weighted by atomic mass is 16.6. The lowest BCUT2D eigenvalue weighted by Crippen LogP contribution is -2.31. The number of carbonyl (C=O) groups excluding carboxylic acids is 1. The zero-order valence-electron chi connectivity index (χ0n) is 10.3. The standard InChI is InChI=1S/C13H19NO2/c1-9-5-7-10(8-6-9)11(14)12(15)16-13(2,3)4/h5-8,11H,14H2,1-4H3. The number of aryl methyl sites for hydroxylation is 1. The van der Waals surface area contributed by atoms with Crippen molar-refractivity contribution >= 4 is 5.97 Å². The average molecular weight is 221 g/mol. The van der Waals surface area contributed by atoms with Crippen LogP contribution in [0.2, 0.25) is 0 Å². The summed E-state index contributed by atoms with van der Waals surface area (Å²) in [7, 11) is 0. The number of ether oxygens (including phenoxy) is 1. The van der Waals surface area contributed by atoms with Crippen molar-refractivity contribution in [3.8, 4) is 0 Å². The SMILES string of the molecule is Cc1ccc(C(N)C(=O)OC(C)(C)C)cc1. The van der Waals surface area contributed by atoms with Crippen LogP contribution in [0, 0.1) is 6.92 Å². The number of hydrogen-bond acceptors (Lipinski definition) is 3. The van der Waals surface area contributed by atoms with E-state index in [1.807, 2.05) is 52.0 Å². The van der Waals surface area contributed by atoms with Gasteiger partial charge in [-0.1, -0.05) is 29.8 Å². The van der Waals surface area contributed by atoms with Gasteiger partial charge in [-0.3, -0.25) is 0 Å². The first-order valence-electron chi connectivity index (χ1n) is 5.34. The van der Waals surface area contributed by atoms with Crippen LogP contribution in [0.1, 0.15) is 37.9 Å². The van der Waals surface area contributed by atoms with Crippen LogP contribution in [0.15, 0.2) is 24.3 Å². The maximum Gasteiger partial charge on any atom is 0.328 e. The Morgan fingerprint density at radius 1 is 1.25 bits per heavy atom. The molecule has 0 radical (unpaired) electrons. The monoisotopic (exact) mass is 221 g/mol. The van der Waals surface area contributed by atoms with Crippen LogP contribution in [0.3, 0.4) is 0 Å². The Morgan fingerprint density at radius 2 is 1.75 bits per heavy atom. The molecule has 16 heavy (non-hydrogen) atoms. The summed E-state index contributed by atoms with van der Waals surface area (Å²) in [6.07, 6.45) is 0. The van der Waals surface area contributed by atoms with Gasteiger partial charge in [0.1, 0.15) is 11.6 Å². The number of esters is 1. The lowest BCUT2D eigenvalue weighted by molar-refractivity contribution is -0.156. The van der Waals surface area contributed by atoms with Gasteiger partial charge < -0.3 is 10.5 Å². The van der Waals surface area contributed by atoms with Crippen molar-refractivity contribution in [2.24, 2.45) is 5.73 Å². The van der Waals surface area contributed by atoms with E-state index < -0.39 is 17.6 Å². The van der Waals surface area contributed by atoms with Crippen LogP contribution in [-0.4, -0.2) is 11.6 Å². The molecular weight excluding hydrogens is 202 g/mol. The molecule has 1 aromatic rings. The van der Waals surface area contributed by atoms with E-state index in [2.05, 4.69) is 0 Å². The molecule has 2 N–H and O–H groups in total. The molecule has 0 bridgehead atoms. The first-order valence-corrected chi connectivity index (χ1v) is 5.34. The van der Waals surface area contributed by atoms with E-state index in [-0.39, 0.29) is 0 Å². The zero-order chi connectivity index (χ0) is 12.3. The smallest absolute Gasteiger partial charge is 0.328 e. The number of benzene rings is 1. The maximum absolute atomic E-state index is 11.7. The van der Waals surface area contributed by atoms with E-state index >= 15 is 0 Å². The van der Waals surface area contributed by atoms with Crippen LogP contribution in [-0.2, 0) is 9.53 Å². The molecular formula is C13H19NO2. The van der Waals surface area contributed by atoms with Gasteiger partial charge in [0.25, 0.3) is 0 Å². The highest BCUT2D eigenvalue weighted by Crippen LogP contribution is 2.16. The van der Waals surface area contributed by atoms with E-state index in [1.165, 1.54) is 0 Å². The number of hydrogen-bond donors (Lipinski definition) is 1. The fourth-order valence-electron chi connectivity index (χ4n) is 1.28. The van der Waals surface area contributed by atoms with Gasteiger partial charge in [0.05, 0.1) is 0 Å². The van der Waals surface area contributed by atoms with Gasteiger partial charge in [-0.15, -0.1) is 0 Å². The average Bonchev–Trinajstić information content (AvgIpc) is 2.15. The summed E-state index contributed by atoms with van der Waals surface area (Å²) in [5, 5.41) is 0. The largest absolute Gasteiger partial charge is 0.459 e. The minimum atomic E-state index is -0.708. The summed E-state index contributed by atoms with van der Waals surface area (Å²) >= 11 is 0. The van der Waals surface area contributed by atoms with Crippen molar-refractivity contribution < 1.29 is 9.53 Å². The molecule has 1 unspecified atom stereocenters. The molecule has 0 saturated carbocycles. The highest BCUT2D eigenvalue weighted by molar-refractivity contribution is 5.77. The molecule has 3 heteroatoms. The summed E-state index contributed by atoms with van der Waals surface area (Å²) < 4.78 is 5.22. The number of carbonyl (C=O) groups is 1. The van der Waals surface area contributed by atoms with E-state index in [9.17, 15) is 4.79 Å². The second kappa shape index (κ2) is 4.66. The second-order valence-corrected chi connectivity index (χ2v) is 4.92. The normalized spacial score (nSPS) is 13.3. The zero-order valence-corrected chi connectivity index (χ0v) is 10.3. The Balaban J connectivity index is 2.74. The molecule has 0 heterocycles. The minimum Gasteiger partial charge on any atom is -0.459 e. The molecule has 1 aromatic carbocycles. The van der Waals surface area contributed by atoms with Gasteiger partial charge in [0.2, 0.25) is 0 Å². The van der Waals surface area contributed by atoms with E-state index in [1.54, 1.807) is 0 Å². The fourth-order valence-corrected chi connectivity index (χ4v) is 1.28. The highest BCUT2D eigenvalue weighted by Gasteiger charge is 2.23. The summed E-state index contributed by atoms with van der Waals surface area (Å²) in [5.41, 5.74) is 7.24. The van der Waals surface area contributed by atoms with Gasteiger partial charge in [0, 0.05) is 0 Å². The summed E-state index contributed by atoms with van der Waals surface area (Å²) in [5.74, 6) is -0.392. The first kappa shape index (κ1) is 12.7. The van der Waals surface area contributed by atoms with Crippen LogP contribution >= 0.6 is 0 Å². The fraction of sp³-hybridized carbons (Fsp3) is 0.462. The quantitative estimate of drug-likeness (QED) is 0.780. The Bertz CT molecular complexity index is 363. The molecule has 0 aliphatic rings. The summed E-state index contributed by atoms with van der Waals surface area (Å²) in [6.45, 7) is 7.47. The third kappa shape index (κ3) is 3.66. The lowest BCUT2D eigenvalue weighted by atomic mass is 10.1. The molecule has 0 saturated heterocycles. The molecule has 0 aliphatic heterocycles. The van der Waals surface area contributed by atoms with Crippen LogP contribution in [0.25, 0.3) is 0 Å². The first-order chi connectivity index (χ1) is 7.29. The van der Waals surface area contributed by atoms with Crippen LogP contribution in [0.5, 0.6) is 0 Å². The molecule has 1 atom stereocenters. The molecule has 1 rings (SSSR count). The Labute approximate surface area is 96.6 Å². The van der Waals surface area contributed by atoms with Gasteiger partial charge in [-0.2, -0.15) is 0 Å². The van der Waals surface area contributed by atoms with Gasteiger partial charge in [0.15, 0.2) is 0 Å². The maximum atomic E-state index is 11.7. The number of rotatable bonds is 2. The molecule has 88 valence electrons. The Kier molecular flexibility index (Phi) is 3.70.